The molecule has 0 fully saturated rings. The first kappa shape index (κ1) is 39.6. The van der Waals surface area contributed by atoms with Crippen LogP contribution in [0.25, 0.3) is 0 Å². The van der Waals surface area contributed by atoms with Gasteiger partial charge in [-0.3, -0.25) is 9.59 Å². The number of ether oxygens (including phenoxy) is 2. The predicted octanol–water partition coefficient (Wildman–Crippen LogP) is 6.69. The molecule has 2 N–H and O–H groups in total. The number of unbranched alkanes of at least 4 members (excludes halogenated alkanes) is 1. The van der Waals surface area contributed by atoms with Crippen LogP contribution in [-0.4, -0.2) is 70.6 Å². The summed E-state index contributed by atoms with van der Waals surface area (Å²) in [5.41, 5.74) is 1.81. The molecule has 0 heterocycles. The molecule has 2 aromatic carbocycles. The molecule has 2 aromatic rings. The van der Waals surface area contributed by atoms with Gasteiger partial charge in [0, 0.05) is 13.0 Å². The van der Waals surface area contributed by atoms with Crippen molar-refractivity contribution in [3.8, 4) is 0 Å². The molecule has 9 nitrogen and oxygen atoms in total. The van der Waals surface area contributed by atoms with Crippen LogP contribution in [0, 0.1) is 13.8 Å². The molecule has 2 rings (SSSR count). The van der Waals surface area contributed by atoms with Crippen molar-refractivity contribution in [3.05, 3.63) is 70.8 Å². The van der Waals surface area contributed by atoms with Gasteiger partial charge in [0.05, 0.1) is 0 Å². The van der Waals surface area contributed by atoms with E-state index >= 15 is 0 Å². The second-order valence-electron chi connectivity index (χ2n) is 13.9. The normalized spacial score (nSPS) is 13.6. The summed E-state index contributed by atoms with van der Waals surface area (Å²) in [5.74, 6) is -0.860. The number of nitrogens with zero attached hydrogens (tertiary/aromatic N) is 1. The molecular formula is C37H55N3O6S. The Kier molecular flexibility index (Phi) is 15.3. The molecule has 0 aliphatic rings. The standard InChI is InChI=1S/C37H55N3O6S/c1-11-12-21-40(33(42)29(20-22-47-10)39-35(44)46-37(7,8)9)31(28-19-18-25(2)23-26(28)3)32(41)38-30(34(43)45-36(4,5)6)24-27-16-14-13-15-17-27/h13-19,23,29-31H,11-12,20-22,24H2,1-10H3,(H,38,41)(H,39,44). The average Bonchev–Trinajstić information content (AvgIpc) is 2.96. The first-order valence-corrected chi connectivity index (χ1v) is 17.8. The monoisotopic (exact) mass is 669 g/mol. The van der Waals surface area contributed by atoms with E-state index in [-0.39, 0.29) is 13.0 Å². The Morgan fingerprint density at radius 2 is 1.51 bits per heavy atom. The maximum absolute atomic E-state index is 14.6. The van der Waals surface area contributed by atoms with Crippen LogP contribution < -0.4 is 10.6 Å². The number of aryl methyl sites for hydroxylation is 2. The largest absolute Gasteiger partial charge is 0.458 e. The number of amides is 3. The van der Waals surface area contributed by atoms with Crippen molar-refractivity contribution in [1.29, 1.82) is 0 Å². The fourth-order valence-corrected chi connectivity index (χ4v) is 5.56. The van der Waals surface area contributed by atoms with Gasteiger partial charge in [-0.25, -0.2) is 9.59 Å². The summed E-state index contributed by atoms with van der Waals surface area (Å²) in [7, 11) is 0. The van der Waals surface area contributed by atoms with Gasteiger partial charge in [0.25, 0.3) is 0 Å². The Morgan fingerprint density at radius 1 is 0.872 bits per heavy atom. The molecule has 0 aromatic heterocycles. The Hall–Kier alpha value is -3.53. The summed E-state index contributed by atoms with van der Waals surface area (Å²) in [5, 5.41) is 5.75. The topological polar surface area (TPSA) is 114 Å². The minimum atomic E-state index is -1.08. The zero-order valence-electron chi connectivity index (χ0n) is 29.9. The number of carbonyl (C=O) groups excluding carboxylic acids is 4. The van der Waals surface area contributed by atoms with Crippen LogP contribution in [0.3, 0.4) is 0 Å². The Bertz CT molecular complexity index is 1340. The van der Waals surface area contributed by atoms with Gasteiger partial charge >= 0.3 is 12.1 Å². The van der Waals surface area contributed by atoms with Crippen LogP contribution in [0.5, 0.6) is 0 Å². The number of hydrogen-bond acceptors (Lipinski definition) is 7. The summed E-state index contributed by atoms with van der Waals surface area (Å²) >= 11 is 1.56. The van der Waals surface area contributed by atoms with Crippen LogP contribution in [-0.2, 0) is 30.3 Å². The van der Waals surface area contributed by atoms with E-state index in [1.807, 2.05) is 75.6 Å². The lowest BCUT2D eigenvalue weighted by molar-refractivity contribution is -0.159. The molecule has 0 spiro atoms. The third-order valence-corrected chi connectivity index (χ3v) is 7.85. The van der Waals surface area contributed by atoms with Crippen LogP contribution in [0.2, 0.25) is 0 Å². The van der Waals surface area contributed by atoms with Crippen molar-refractivity contribution in [2.45, 2.75) is 117 Å². The van der Waals surface area contributed by atoms with Gasteiger partial charge in [-0.2, -0.15) is 11.8 Å². The second-order valence-corrected chi connectivity index (χ2v) is 14.9. The minimum Gasteiger partial charge on any atom is -0.458 e. The van der Waals surface area contributed by atoms with E-state index in [4.69, 9.17) is 9.47 Å². The van der Waals surface area contributed by atoms with E-state index in [0.717, 1.165) is 23.1 Å². The summed E-state index contributed by atoms with van der Waals surface area (Å²) in [6.45, 7) is 16.8. The number of carbonyl (C=O) groups is 4. The third kappa shape index (κ3) is 13.6. The summed E-state index contributed by atoms with van der Waals surface area (Å²) in [6, 6.07) is 12.1. The van der Waals surface area contributed by atoms with Gasteiger partial charge in [0.2, 0.25) is 11.8 Å². The fraction of sp³-hybridized carbons (Fsp3) is 0.568. The highest BCUT2D eigenvalue weighted by Crippen LogP contribution is 2.28. The van der Waals surface area contributed by atoms with E-state index in [1.165, 1.54) is 0 Å². The first-order chi connectivity index (χ1) is 22.0. The Morgan fingerprint density at radius 3 is 2.06 bits per heavy atom. The highest BCUT2D eigenvalue weighted by atomic mass is 32.2. The zero-order valence-corrected chi connectivity index (χ0v) is 30.7. The van der Waals surface area contributed by atoms with Crippen molar-refractivity contribution in [1.82, 2.24) is 15.5 Å². The summed E-state index contributed by atoms with van der Waals surface area (Å²) in [4.78, 5) is 57.1. The van der Waals surface area contributed by atoms with Crippen molar-refractivity contribution < 1.29 is 28.7 Å². The van der Waals surface area contributed by atoms with Crippen LogP contribution in [0.15, 0.2) is 48.5 Å². The highest BCUT2D eigenvalue weighted by Gasteiger charge is 2.38. The smallest absolute Gasteiger partial charge is 0.408 e. The van der Waals surface area contributed by atoms with Gasteiger partial charge < -0.3 is 25.0 Å². The van der Waals surface area contributed by atoms with Gasteiger partial charge in [-0.15, -0.1) is 0 Å². The van der Waals surface area contributed by atoms with E-state index in [2.05, 4.69) is 10.6 Å². The number of hydrogen-bond donors (Lipinski definition) is 2. The zero-order chi connectivity index (χ0) is 35.4. The molecule has 3 unspecified atom stereocenters. The molecule has 0 saturated heterocycles. The molecule has 0 aliphatic carbocycles. The van der Waals surface area contributed by atoms with Crippen LogP contribution in [0.1, 0.15) is 96.0 Å². The third-order valence-electron chi connectivity index (χ3n) is 7.21. The molecule has 260 valence electrons. The molecule has 0 bridgehead atoms. The lowest BCUT2D eigenvalue weighted by Crippen LogP contribution is -2.55. The number of alkyl carbamates (subject to hydrolysis) is 1. The molecule has 3 atom stereocenters. The number of nitrogens with one attached hydrogen (secondary N) is 2. The summed E-state index contributed by atoms with van der Waals surface area (Å²) < 4.78 is 11.2. The highest BCUT2D eigenvalue weighted by molar-refractivity contribution is 7.98. The Labute approximate surface area is 285 Å². The molecule has 3 amide bonds. The molecule has 0 aliphatic heterocycles. The fourth-order valence-electron chi connectivity index (χ4n) is 5.09. The lowest BCUT2D eigenvalue weighted by atomic mass is 9.95. The molecule has 0 saturated carbocycles. The molecule has 10 heteroatoms. The minimum absolute atomic E-state index is 0.209. The lowest BCUT2D eigenvalue weighted by Gasteiger charge is -2.36. The molecule has 47 heavy (non-hydrogen) atoms. The van der Waals surface area contributed by atoms with Gasteiger partial charge in [0.15, 0.2) is 0 Å². The van der Waals surface area contributed by atoms with Gasteiger partial charge in [0.1, 0.15) is 29.3 Å². The van der Waals surface area contributed by atoms with Crippen LogP contribution in [0.4, 0.5) is 4.79 Å². The van der Waals surface area contributed by atoms with Crippen molar-refractivity contribution in [2.24, 2.45) is 0 Å². The predicted molar refractivity (Wildman–Crippen MR) is 189 cm³/mol. The number of benzene rings is 2. The van der Waals surface area contributed by atoms with E-state index in [0.29, 0.717) is 24.2 Å². The van der Waals surface area contributed by atoms with E-state index in [9.17, 15) is 19.2 Å². The SMILES string of the molecule is CCCCN(C(=O)C(CCSC)NC(=O)OC(C)(C)C)C(C(=O)NC(Cc1ccccc1)C(=O)OC(C)(C)C)c1ccc(C)cc1C. The van der Waals surface area contributed by atoms with E-state index < -0.39 is 53.2 Å². The quantitative estimate of drug-likeness (QED) is 0.203. The van der Waals surface area contributed by atoms with Crippen LogP contribution >= 0.6 is 11.8 Å². The number of esters is 1. The summed E-state index contributed by atoms with van der Waals surface area (Å²) in [6.07, 6.45) is 3.18. The van der Waals surface area contributed by atoms with Gasteiger partial charge in [-0.05, 0) is 96.9 Å². The van der Waals surface area contributed by atoms with Crippen molar-refractivity contribution in [3.63, 3.8) is 0 Å². The first-order valence-electron chi connectivity index (χ1n) is 16.4. The van der Waals surface area contributed by atoms with Crippen molar-refractivity contribution >= 4 is 35.6 Å². The molecule has 0 radical (unpaired) electrons. The molecular weight excluding hydrogens is 614 g/mol. The second kappa shape index (κ2) is 18.1. The van der Waals surface area contributed by atoms with Crippen molar-refractivity contribution in [2.75, 3.05) is 18.6 Å². The average molecular weight is 670 g/mol. The van der Waals surface area contributed by atoms with Gasteiger partial charge in [-0.1, -0.05) is 67.4 Å². The maximum Gasteiger partial charge on any atom is 0.408 e. The van der Waals surface area contributed by atoms with E-state index in [1.54, 1.807) is 58.2 Å². The Balaban J connectivity index is 2.64. The maximum atomic E-state index is 14.6. The number of thioether (sulfide) groups is 1. The number of rotatable bonds is 15.